The summed E-state index contributed by atoms with van der Waals surface area (Å²) in [5, 5.41) is 4.01. The third kappa shape index (κ3) is 3.54. The summed E-state index contributed by atoms with van der Waals surface area (Å²) >= 11 is 3.43. The Kier molecular flexibility index (Phi) is 4.44. The molecule has 6 heteroatoms. The highest BCUT2D eigenvalue weighted by molar-refractivity contribution is 9.10. The molecule has 5 nitrogen and oxygen atoms in total. The van der Waals surface area contributed by atoms with Crippen LogP contribution in [0.1, 0.15) is 23.4 Å². The van der Waals surface area contributed by atoms with E-state index in [2.05, 4.69) is 31.1 Å². The molecule has 0 unspecified atom stereocenters. The summed E-state index contributed by atoms with van der Waals surface area (Å²) in [6, 6.07) is 13.6. The van der Waals surface area contributed by atoms with Crippen LogP contribution in [0.4, 0.5) is 5.82 Å². The van der Waals surface area contributed by atoms with Crippen molar-refractivity contribution in [2.75, 3.05) is 18.0 Å². The highest BCUT2D eigenvalue weighted by atomic mass is 79.9. The van der Waals surface area contributed by atoms with Crippen molar-refractivity contribution in [1.82, 2.24) is 10.3 Å². The molecule has 1 amide bonds. The lowest BCUT2D eigenvalue weighted by Crippen LogP contribution is -2.44. The Hall–Kier alpha value is -2.34. The van der Waals surface area contributed by atoms with Gasteiger partial charge in [-0.05, 0) is 49.2 Å². The molecule has 3 aromatic rings. The molecule has 1 aromatic carbocycles. The number of furan rings is 1. The summed E-state index contributed by atoms with van der Waals surface area (Å²) in [7, 11) is 0. The van der Waals surface area contributed by atoms with Crippen molar-refractivity contribution in [2.24, 2.45) is 0 Å². The lowest BCUT2D eigenvalue weighted by molar-refractivity contribution is 0.0905. The van der Waals surface area contributed by atoms with Crippen molar-refractivity contribution < 1.29 is 9.21 Å². The van der Waals surface area contributed by atoms with E-state index in [0.717, 1.165) is 47.2 Å². The van der Waals surface area contributed by atoms with Gasteiger partial charge in [0.2, 0.25) is 0 Å². The highest BCUT2D eigenvalue weighted by Gasteiger charge is 2.23. The van der Waals surface area contributed by atoms with Crippen LogP contribution in [0.25, 0.3) is 11.0 Å². The maximum Gasteiger partial charge on any atom is 0.287 e. The van der Waals surface area contributed by atoms with E-state index in [0.29, 0.717) is 5.76 Å². The summed E-state index contributed by atoms with van der Waals surface area (Å²) in [6.45, 7) is 1.77. The topological polar surface area (TPSA) is 58.4 Å². The lowest BCUT2D eigenvalue weighted by Gasteiger charge is -2.32. The van der Waals surface area contributed by atoms with E-state index < -0.39 is 0 Å². The smallest absolute Gasteiger partial charge is 0.287 e. The van der Waals surface area contributed by atoms with Gasteiger partial charge in [-0.1, -0.05) is 22.0 Å². The van der Waals surface area contributed by atoms with Gasteiger partial charge >= 0.3 is 0 Å². The predicted octanol–water partition coefficient (Wildman–Crippen LogP) is 3.99. The molecule has 4 rings (SSSR count). The van der Waals surface area contributed by atoms with Crippen molar-refractivity contribution in [3.63, 3.8) is 0 Å². The predicted molar refractivity (Wildman–Crippen MR) is 101 cm³/mol. The fraction of sp³-hybridized carbons (Fsp3) is 0.263. The van der Waals surface area contributed by atoms with Gasteiger partial charge in [-0.3, -0.25) is 4.79 Å². The molecule has 1 aliphatic rings. The number of nitrogens with one attached hydrogen (secondary N) is 1. The van der Waals surface area contributed by atoms with Gasteiger partial charge in [-0.15, -0.1) is 0 Å². The number of carbonyl (C=O) groups excluding carboxylic acids is 1. The molecule has 0 bridgehead atoms. The Balaban J connectivity index is 1.38. The molecule has 0 spiro atoms. The number of rotatable bonds is 3. The first-order valence-corrected chi connectivity index (χ1v) is 9.14. The van der Waals surface area contributed by atoms with Crippen LogP contribution >= 0.6 is 15.9 Å². The lowest BCUT2D eigenvalue weighted by atomic mass is 10.0. The number of aromatic nitrogens is 1. The first-order valence-electron chi connectivity index (χ1n) is 8.35. The average molecular weight is 400 g/mol. The number of benzene rings is 1. The second-order valence-electron chi connectivity index (χ2n) is 6.22. The van der Waals surface area contributed by atoms with Gasteiger partial charge in [0.05, 0.1) is 0 Å². The van der Waals surface area contributed by atoms with Crippen molar-refractivity contribution >= 4 is 38.6 Å². The minimum Gasteiger partial charge on any atom is -0.451 e. The number of fused-ring (bicyclic) bond motifs is 1. The van der Waals surface area contributed by atoms with Gasteiger partial charge in [0.15, 0.2) is 5.76 Å². The molecule has 128 valence electrons. The fourth-order valence-corrected chi connectivity index (χ4v) is 3.56. The highest BCUT2D eigenvalue weighted by Crippen LogP contribution is 2.24. The molecule has 3 heterocycles. The van der Waals surface area contributed by atoms with Crippen molar-refractivity contribution in [1.29, 1.82) is 0 Å². The summed E-state index contributed by atoms with van der Waals surface area (Å²) in [4.78, 5) is 19.1. The quantitative estimate of drug-likeness (QED) is 0.723. The Labute approximate surface area is 154 Å². The van der Waals surface area contributed by atoms with Crippen LogP contribution in [0.3, 0.4) is 0 Å². The molecule has 1 N–H and O–H groups in total. The zero-order valence-electron chi connectivity index (χ0n) is 13.6. The number of amides is 1. The Morgan fingerprint density at radius 2 is 2.04 bits per heavy atom. The Morgan fingerprint density at radius 3 is 2.80 bits per heavy atom. The summed E-state index contributed by atoms with van der Waals surface area (Å²) < 4.78 is 6.63. The van der Waals surface area contributed by atoms with Crippen LogP contribution in [-0.2, 0) is 0 Å². The number of hydrogen-bond donors (Lipinski definition) is 1. The van der Waals surface area contributed by atoms with Crippen molar-refractivity contribution in [2.45, 2.75) is 18.9 Å². The van der Waals surface area contributed by atoms with Crippen LogP contribution < -0.4 is 10.2 Å². The molecule has 0 atom stereocenters. The zero-order chi connectivity index (χ0) is 17.2. The van der Waals surface area contributed by atoms with Gasteiger partial charge in [0.25, 0.3) is 5.91 Å². The van der Waals surface area contributed by atoms with Crippen LogP contribution in [-0.4, -0.2) is 30.0 Å². The van der Waals surface area contributed by atoms with Crippen LogP contribution in [0.2, 0.25) is 0 Å². The summed E-state index contributed by atoms with van der Waals surface area (Å²) in [6.07, 6.45) is 3.60. The molecule has 0 aliphatic carbocycles. The molecule has 0 saturated carbocycles. The number of pyridine rings is 1. The normalized spacial score (nSPS) is 15.5. The molecular formula is C19H18BrN3O2. The third-order valence-electron chi connectivity index (χ3n) is 4.51. The SMILES string of the molecule is O=C(NC1CCN(c2ccccn2)CC1)c1cc2cc(Br)ccc2o1. The number of halogens is 1. The van der Waals surface area contributed by atoms with Crippen molar-refractivity contribution in [3.8, 4) is 0 Å². The minimum absolute atomic E-state index is 0.149. The number of piperidine rings is 1. The number of carbonyl (C=O) groups is 1. The van der Waals surface area contributed by atoms with Gasteiger partial charge in [-0.2, -0.15) is 0 Å². The molecule has 1 saturated heterocycles. The van der Waals surface area contributed by atoms with Gasteiger partial charge in [-0.25, -0.2) is 4.98 Å². The molecule has 25 heavy (non-hydrogen) atoms. The Morgan fingerprint density at radius 1 is 1.20 bits per heavy atom. The first-order chi connectivity index (χ1) is 12.2. The van der Waals surface area contributed by atoms with Crippen LogP contribution in [0.5, 0.6) is 0 Å². The van der Waals surface area contributed by atoms with Crippen LogP contribution in [0.15, 0.2) is 57.6 Å². The standard InChI is InChI=1S/C19H18BrN3O2/c20-14-4-5-16-13(11-14)12-17(25-16)19(24)22-15-6-9-23(10-7-15)18-3-1-2-8-21-18/h1-5,8,11-12,15H,6-7,9-10H2,(H,22,24). The number of nitrogens with zero attached hydrogens (tertiary/aromatic N) is 2. The van der Waals surface area contributed by atoms with Gasteiger partial charge in [0, 0.05) is 35.2 Å². The van der Waals surface area contributed by atoms with E-state index in [4.69, 9.17) is 4.42 Å². The second-order valence-corrected chi connectivity index (χ2v) is 7.13. The third-order valence-corrected chi connectivity index (χ3v) is 5.00. The van der Waals surface area contributed by atoms with Gasteiger partial charge in [0.1, 0.15) is 11.4 Å². The monoisotopic (exact) mass is 399 g/mol. The van der Waals surface area contributed by atoms with Gasteiger partial charge < -0.3 is 14.6 Å². The van der Waals surface area contributed by atoms with E-state index in [1.807, 2.05) is 42.6 Å². The van der Waals surface area contributed by atoms with E-state index in [-0.39, 0.29) is 11.9 Å². The van der Waals surface area contributed by atoms with E-state index in [1.165, 1.54) is 0 Å². The number of anilines is 1. The fourth-order valence-electron chi connectivity index (χ4n) is 3.18. The number of hydrogen-bond acceptors (Lipinski definition) is 4. The molecule has 1 fully saturated rings. The van der Waals surface area contributed by atoms with E-state index in [9.17, 15) is 4.79 Å². The van der Waals surface area contributed by atoms with Crippen LogP contribution in [0, 0.1) is 0 Å². The first kappa shape index (κ1) is 16.1. The minimum atomic E-state index is -0.149. The zero-order valence-corrected chi connectivity index (χ0v) is 15.2. The average Bonchev–Trinajstić information content (AvgIpc) is 3.06. The molecule has 0 radical (unpaired) electrons. The maximum absolute atomic E-state index is 12.5. The molecule has 2 aromatic heterocycles. The van der Waals surface area contributed by atoms with Crippen molar-refractivity contribution in [3.05, 3.63) is 58.9 Å². The largest absolute Gasteiger partial charge is 0.451 e. The Bertz CT molecular complexity index is 886. The second kappa shape index (κ2) is 6.88. The van der Waals surface area contributed by atoms with E-state index >= 15 is 0 Å². The maximum atomic E-state index is 12.5. The summed E-state index contributed by atoms with van der Waals surface area (Å²) in [5.74, 6) is 1.21. The van der Waals surface area contributed by atoms with E-state index in [1.54, 1.807) is 6.07 Å². The summed E-state index contributed by atoms with van der Waals surface area (Å²) in [5.41, 5.74) is 0.721. The molecular weight excluding hydrogens is 382 g/mol. The molecule has 1 aliphatic heterocycles.